The molecule has 0 saturated carbocycles. The second-order valence-corrected chi connectivity index (χ2v) is 5.38. The highest BCUT2D eigenvalue weighted by molar-refractivity contribution is 5.97. The van der Waals surface area contributed by atoms with Crippen LogP contribution in [-0.2, 0) is 19.4 Å². The first-order valence-electron chi connectivity index (χ1n) is 7.53. The van der Waals surface area contributed by atoms with E-state index < -0.39 is 5.97 Å². The molecule has 0 unspecified atom stereocenters. The zero-order valence-corrected chi connectivity index (χ0v) is 12.9. The Labute approximate surface area is 125 Å². The fourth-order valence-corrected chi connectivity index (χ4v) is 3.11. The standard InChI is InChI=1S/C17H23NO3/c1-4-6-14-11(3)18(7-8-19)16-12(5-2)9-13(17(20)21)10-15(14)16/h9-10,19H,4-8H2,1-3H3,(H,20,21). The van der Waals surface area contributed by atoms with Gasteiger partial charge in [0.2, 0.25) is 0 Å². The van der Waals surface area contributed by atoms with Crippen LogP contribution >= 0.6 is 0 Å². The molecule has 0 aliphatic carbocycles. The maximum atomic E-state index is 11.4. The summed E-state index contributed by atoms with van der Waals surface area (Å²) in [6.45, 7) is 6.84. The molecule has 0 spiro atoms. The molecule has 0 radical (unpaired) electrons. The minimum Gasteiger partial charge on any atom is -0.478 e. The number of aliphatic hydroxyl groups excluding tert-OH is 1. The zero-order chi connectivity index (χ0) is 15.6. The lowest BCUT2D eigenvalue weighted by atomic mass is 10.00. The van der Waals surface area contributed by atoms with Crippen LogP contribution in [0.4, 0.5) is 0 Å². The first kappa shape index (κ1) is 15.6. The van der Waals surface area contributed by atoms with E-state index in [2.05, 4.69) is 18.4 Å². The van der Waals surface area contributed by atoms with E-state index in [-0.39, 0.29) is 6.61 Å². The number of fused-ring (bicyclic) bond motifs is 1. The summed E-state index contributed by atoms with van der Waals surface area (Å²) in [6, 6.07) is 3.54. The molecule has 2 rings (SSSR count). The van der Waals surface area contributed by atoms with Crippen molar-refractivity contribution in [3.8, 4) is 0 Å². The SMILES string of the molecule is CCCc1c(C)n(CCO)c2c(CC)cc(C(=O)O)cc12. The average Bonchev–Trinajstić information content (AvgIpc) is 2.73. The molecule has 2 N–H and O–H groups in total. The number of aromatic carboxylic acids is 1. The number of carboxylic acids is 1. The van der Waals surface area contributed by atoms with Crippen LogP contribution in [0, 0.1) is 6.92 Å². The predicted molar refractivity (Wildman–Crippen MR) is 84.1 cm³/mol. The van der Waals surface area contributed by atoms with Gasteiger partial charge in [0.05, 0.1) is 17.7 Å². The molecular weight excluding hydrogens is 266 g/mol. The minimum atomic E-state index is -0.887. The van der Waals surface area contributed by atoms with Gasteiger partial charge >= 0.3 is 5.97 Å². The molecule has 1 aromatic carbocycles. The van der Waals surface area contributed by atoms with Crippen LogP contribution in [-0.4, -0.2) is 27.4 Å². The molecule has 2 aromatic rings. The Kier molecular flexibility index (Phi) is 4.68. The number of aliphatic hydroxyl groups is 1. The summed E-state index contributed by atoms with van der Waals surface area (Å²) < 4.78 is 2.13. The molecule has 0 saturated heterocycles. The highest BCUT2D eigenvalue weighted by atomic mass is 16.4. The zero-order valence-electron chi connectivity index (χ0n) is 12.9. The molecule has 0 aliphatic heterocycles. The number of benzene rings is 1. The summed E-state index contributed by atoms with van der Waals surface area (Å²) >= 11 is 0. The van der Waals surface area contributed by atoms with Gasteiger partial charge in [-0.3, -0.25) is 0 Å². The normalized spacial score (nSPS) is 11.2. The largest absolute Gasteiger partial charge is 0.478 e. The van der Waals surface area contributed by atoms with E-state index in [9.17, 15) is 15.0 Å². The van der Waals surface area contributed by atoms with Crippen molar-refractivity contribution in [2.45, 2.75) is 46.6 Å². The number of carboxylic acid groups (broad SMARTS) is 1. The van der Waals surface area contributed by atoms with E-state index >= 15 is 0 Å². The van der Waals surface area contributed by atoms with Gasteiger partial charge in [-0.25, -0.2) is 4.79 Å². The van der Waals surface area contributed by atoms with Crippen LogP contribution in [0.15, 0.2) is 12.1 Å². The summed E-state index contributed by atoms with van der Waals surface area (Å²) in [4.78, 5) is 11.4. The summed E-state index contributed by atoms with van der Waals surface area (Å²) in [5, 5.41) is 19.7. The predicted octanol–water partition coefficient (Wildman–Crippen LogP) is 3.16. The smallest absolute Gasteiger partial charge is 0.335 e. The second kappa shape index (κ2) is 6.31. The first-order valence-corrected chi connectivity index (χ1v) is 7.53. The van der Waals surface area contributed by atoms with Crippen LogP contribution in [0.3, 0.4) is 0 Å². The molecule has 1 heterocycles. The Hall–Kier alpha value is -1.81. The lowest BCUT2D eigenvalue weighted by Crippen LogP contribution is -2.06. The van der Waals surface area contributed by atoms with Crippen molar-refractivity contribution in [2.24, 2.45) is 0 Å². The highest BCUT2D eigenvalue weighted by Gasteiger charge is 2.18. The van der Waals surface area contributed by atoms with Gasteiger partial charge < -0.3 is 14.8 Å². The van der Waals surface area contributed by atoms with Crippen LogP contribution in [0.1, 0.15) is 47.4 Å². The number of rotatable bonds is 6. The maximum Gasteiger partial charge on any atom is 0.335 e. The summed E-state index contributed by atoms with van der Waals surface area (Å²) in [5.74, 6) is -0.887. The Morgan fingerprint density at radius 2 is 2.00 bits per heavy atom. The van der Waals surface area contributed by atoms with Crippen molar-refractivity contribution in [3.05, 3.63) is 34.5 Å². The molecule has 0 atom stereocenters. The fourth-order valence-electron chi connectivity index (χ4n) is 3.11. The molecule has 4 heteroatoms. The van der Waals surface area contributed by atoms with Crippen molar-refractivity contribution < 1.29 is 15.0 Å². The van der Waals surface area contributed by atoms with Gasteiger partial charge in [-0.2, -0.15) is 0 Å². The molecule has 0 aliphatic rings. The van der Waals surface area contributed by atoms with E-state index in [4.69, 9.17) is 0 Å². The first-order chi connectivity index (χ1) is 10.0. The monoisotopic (exact) mass is 289 g/mol. The van der Waals surface area contributed by atoms with Gasteiger partial charge in [0.1, 0.15) is 0 Å². The third-order valence-electron chi connectivity index (χ3n) is 4.08. The quantitative estimate of drug-likeness (QED) is 0.858. The molecule has 114 valence electrons. The third-order valence-corrected chi connectivity index (χ3v) is 4.08. The average molecular weight is 289 g/mol. The Bertz CT molecular complexity index is 670. The second-order valence-electron chi connectivity index (χ2n) is 5.38. The number of hydrogen-bond donors (Lipinski definition) is 2. The minimum absolute atomic E-state index is 0.0834. The van der Waals surface area contributed by atoms with Crippen molar-refractivity contribution in [1.82, 2.24) is 4.57 Å². The number of hydrogen-bond acceptors (Lipinski definition) is 2. The van der Waals surface area contributed by atoms with Crippen LogP contribution in [0.25, 0.3) is 10.9 Å². The Morgan fingerprint density at radius 3 is 2.52 bits per heavy atom. The highest BCUT2D eigenvalue weighted by Crippen LogP contribution is 2.31. The third kappa shape index (κ3) is 2.68. The number of nitrogens with zero attached hydrogens (tertiary/aromatic N) is 1. The van der Waals surface area contributed by atoms with Crippen molar-refractivity contribution in [2.75, 3.05) is 6.61 Å². The van der Waals surface area contributed by atoms with Crippen LogP contribution < -0.4 is 0 Å². The van der Waals surface area contributed by atoms with E-state index in [0.29, 0.717) is 12.1 Å². The summed E-state index contributed by atoms with van der Waals surface area (Å²) in [7, 11) is 0. The summed E-state index contributed by atoms with van der Waals surface area (Å²) in [5.41, 5.74) is 4.80. The summed E-state index contributed by atoms with van der Waals surface area (Å²) in [6.07, 6.45) is 2.71. The lowest BCUT2D eigenvalue weighted by molar-refractivity contribution is 0.0697. The fraction of sp³-hybridized carbons (Fsp3) is 0.471. The molecule has 4 nitrogen and oxygen atoms in total. The molecule has 0 fully saturated rings. The lowest BCUT2D eigenvalue weighted by Gasteiger charge is -2.10. The van der Waals surface area contributed by atoms with Crippen molar-refractivity contribution >= 4 is 16.9 Å². The topological polar surface area (TPSA) is 62.5 Å². The van der Waals surface area contributed by atoms with Crippen molar-refractivity contribution in [3.63, 3.8) is 0 Å². The van der Waals surface area contributed by atoms with Crippen LogP contribution in [0.5, 0.6) is 0 Å². The van der Waals surface area contributed by atoms with Gasteiger partial charge in [0.15, 0.2) is 0 Å². The van der Waals surface area contributed by atoms with E-state index in [1.165, 1.54) is 5.56 Å². The van der Waals surface area contributed by atoms with E-state index in [0.717, 1.165) is 41.4 Å². The molecule has 0 bridgehead atoms. The van der Waals surface area contributed by atoms with E-state index in [1.807, 2.05) is 6.92 Å². The van der Waals surface area contributed by atoms with Gasteiger partial charge in [-0.05, 0) is 43.0 Å². The van der Waals surface area contributed by atoms with Gasteiger partial charge in [-0.15, -0.1) is 0 Å². The van der Waals surface area contributed by atoms with Gasteiger partial charge in [0, 0.05) is 17.6 Å². The molecule has 1 aromatic heterocycles. The van der Waals surface area contributed by atoms with Gasteiger partial charge in [0.25, 0.3) is 0 Å². The number of aromatic nitrogens is 1. The Morgan fingerprint density at radius 1 is 1.29 bits per heavy atom. The molecular formula is C17H23NO3. The number of carbonyl (C=O) groups is 1. The maximum absolute atomic E-state index is 11.4. The van der Waals surface area contributed by atoms with Gasteiger partial charge in [-0.1, -0.05) is 20.3 Å². The van der Waals surface area contributed by atoms with Crippen molar-refractivity contribution in [1.29, 1.82) is 0 Å². The Balaban J connectivity index is 2.84. The molecule has 21 heavy (non-hydrogen) atoms. The number of aryl methyl sites for hydroxylation is 2. The molecule has 0 amide bonds. The van der Waals surface area contributed by atoms with E-state index in [1.54, 1.807) is 12.1 Å². The van der Waals surface area contributed by atoms with Crippen LogP contribution in [0.2, 0.25) is 0 Å².